The van der Waals surface area contributed by atoms with Crippen LogP contribution in [0.5, 0.6) is 11.5 Å². The molecule has 0 saturated carbocycles. The molecule has 1 aliphatic rings. The molecule has 29 heavy (non-hydrogen) atoms. The fourth-order valence-electron chi connectivity index (χ4n) is 3.24. The van der Waals surface area contributed by atoms with Crippen LogP contribution in [0.3, 0.4) is 0 Å². The third-order valence-electron chi connectivity index (χ3n) is 4.61. The number of hydrogen-bond donors (Lipinski definition) is 0. The summed E-state index contributed by atoms with van der Waals surface area (Å²) in [7, 11) is 0. The van der Waals surface area contributed by atoms with Crippen molar-refractivity contribution in [3.05, 3.63) is 81.6 Å². The Bertz CT molecular complexity index is 1110. The SMILES string of the molecule is O=C(c1cnccc1Oc1cc(Cl)ccc1Cl)N1CCCc2cc(F)c(F)cc21. The molecule has 0 aliphatic carbocycles. The van der Waals surface area contributed by atoms with E-state index in [1.807, 2.05) is 0 Å². The van der Waals surface area contributed by atoms with Crippen molar-refractivity contribution in [1.29, 1.82) is 0 Å². The molecular formula is C21H14Cl2F2N2O2. The highest BCUT2D eigenvalue weighted by Crippen LogP contribution is 2.35. The molecular weight excluding hydrogens is 421 g/mol. The van der Waals surface area contributed by atoms with E-state index in [0.29, 0.717) is 40.7 Å². The van der Waals surface area contributed by atoms with Crippen LogP contribution in [0, 0.1) is 11.6 Å². The molecule has 1 aliphatic heterocycles. The van der Waals surface area contributed by atoms with Crippen molar-refractivity contribution < 1.29 is 18.3 Å². The van der Waals surface area contributed by atoms with Crippen LogP contribution in [0.1, 0.15) is 22.3 Å². The Balaban J connectivity index is 1.71. The van der Waals surface area contributed by atoms with Crippen molar-refractivity contribution in [3.63, 3.8) is 0 Å². The van der Waals surface area contributed by atoms with Crippen LogP contribution in [0.15, 0.2) is 48.8 Å². The van der Waals surface area contributed by atoms with Gasteiger partial charge in [0, 0.05) is 36.1 Å². The maximum absolute atomic E-state index is 13.8. The van der Waals surface area contributed by atoms with Gasteiger partial charge in [-0.25, -0.2) is 8.78 Å². The summed E-state index contributed by atoms with van der Waals surface area (Å²) < 4.78 is 33.2. The van der Waals surface area contributed by atoms with Crippen LogP contribution < -0.4 is 9.64 Å². The van der Waals surface area contributed by atoms with Crippen molar-refractivity contribution in [2.24, 2.45) is 0 Å². The normalized spacial score (nSPS) is 13.2. The van der Waals surface area contributed by atoms with E-state index in [2.05, 4.69) is 4.98 Å². The molecule has 0 unspecified atom stereocenters. The molecule has 148 valence electrons. The summed E-state index contributed by atoms with van der Waals surface area (Å²) in [6, 6.07) is 8.45. The summed E-state index contributed by atoms with van der Waals surface area (Å²) >= 11 is 12.2. The summed E-state index contributed by atoms with van der Waals surface area (Å²) in [6.45, 7) is 0.364. The lowest BCUT2D eigenvalue weighted by Gasteiger charge is -2.30. The first-order chi connectivity index (χ1) is 13.9. The minimum atomic E-state index is -1.00. The van der Waals surface area contributed by atoms with Gasteiger partial charge in [0.1, 0.15) is 17.1 Å². The van der Waals surface area contributed by atoms with E-state index in [1.165, 1.54) is 29.4 Å². The molecule has 1 amide bonds. The molecule has 1 aromatic heterocycles. The Morgan fingerprint density at radius 3 is 2.69 bits per heavy atom. The fraction of sp³-hybridized carbons (Fsp3) is 0.143. The molecule has 0 N–H and O–H groups in total. The van der Waals surface area contributed by atoms with Crippen LogP contribution in [0.25, 0.3) is 0 Å². The van der Waals surface area contributed by atoms with E-state index < -0.39 is 17.5 Å². The quantitative estimate of drug-likeness (QED) is 0.503. The van der Waals surface area contributed by atoms with Gasteiger partial charge in [0.2, 0.25) is 0 Å². The third-order valence-corrected chi connectivity index (χ3v) is 5.16. The molecule has 0 spiro atoms. The molecule has 8 heteroatoms. The number of amides is 1. The van der Waals surface area contributed by atoms with E-state index in [0.717, 1.165) is 12.1 Å². The highest BCUT2D eigenvalue weighted by atomic mass is 35.5. The predicted molar refractivity (Wildman–Crippen MR) is 107 cm³/mol. The van der Waals surface area contributed by atoms with E-state index in [-0.39, 0.29) is 17.1 Å². The summed E-state index contributed by atoms with van der Waals surface area (Å²) in [5.41, 5.74) is 1.09. The fourth-order valence-corrected chi connectivity index (χ4v) is 3.56. The number of anilines is 1. The zero-order chi connectivity index (χ0) is 20.5. The lowest BCUT2D eigenvalue weighted by molar-refractivity contribution is 0.0982. The zero-order valence-electron chi connectivity index (χ0n) is 15.0. The van der Waals surface area contributed by atoms with Gasteiger partial charge in [-0.05, 0) is 42.7 Å². The van der Waals surface area contributed by atoms with Crippen molar-refractivity contribution in [2.75, 3.05) is 11.4 Å². The monoisotopic (exact) mass is 434 g/mol. The van der Waals surface area contributed by atoms with Crippen LogP contribution in [-0.4, -0.2) is 17.4 Å². The molecule has 0 saturated heterocycles. The Morgan fingerprint density at radius 2 is 1.86 bits per heavy atom. The number of aromatic nitrogens is 1. The van der Waals surface area contributed by atoms with Gasteiger partial charge in [0.25, 0.3) is 5.91 Å². The number of carbonyl (C=O) groups is 1. The van der Waals surface area contributed by atoms with Gasteiger partial charge >= 0.3 is 0 Å². The third kappa shape index (κ3) is 3.91. The van der Waals surface area contributed by atoms with Gasteiger partial charge < -0.3 is 9.64 Å². The van der Waals surface area contributed by atoms with E-state index in [1.54, 1.807) is 12.1 Å². The van der Waals surface area contributed by atoms with E-state index >= 15 is 0 Å². The summed E-state index contributed by atoms with van der Waals surface area (Å²) in [5.74, 6) is -1.86. The van der Waals surface area contributed by atoms with Crippen molar-refractivity contribution in [2.45, 2.75) is 12.8 Å². The molecule has 0 atom stereocenters. The Labute approximate surface area is 175 Å². The molecule has 3 aromatic rings. The van der Waals surface area contributed by atoms with Crippen molar-refractivity contribution in [3.8, 4) is 11.5 Å². The highest BCUT2D eigenvalue weighted by Gasteiger charge is 2.27. The van der Waals surface area contributed by atoms with Crippen LogP contribution >= 0.6 is 23.2 Å². The number of benzene rings is 2. The number of aryl methyl sites for hydroxylation is 1. The number of fused-ring (bicyclic) bond motifs is 1. The molecule has 0 bridgehead atoms. The molecule has 4 nitrogen and oxygen atoms in total. The standard InChI is InChI=1S/C21H14Cl2F2N2O2/c22-13-3-4-15(23)20(9-13)29-19-5-6-26-11-14(19)21(28)27-7-1-2-12-8-16(24)17(25)10-18(12)27/h3-6,8-11H,1-2,7H2. The zero-order valence-corrected chi connectivity index (χ0v) is 16.5. The van der Waals surface area contributed by atoms with Gasteiger partial charge in [-0.2, -0.15) is 0 Å². The Kier molecular flexibility index (Phi) is 5.39. The van der Waals surface area contributed by atoms with Gasteiger partial charge in [0.15, 0.2) is 11.6 Å². The van der Waals surface area contributed by atoms with Gasteiger partial charge in [0.05, 0.1) is 10.7 Å². The predicted octanol–water partition coefficient (Wildman–Crippen LogP) is 6.05. The Morgan fingerprint density at radius 1 is 1.07 bits per heavy atom. The molecule has 2 aromatic carbocycles. The lowest BCUT2D eigenvalue weighted by atomic mass is 10.0. The topological polar surface area (TPSA) is 42.4 Å². The summed E-state index contributed by atoms with van der Waals surface area (Å²) in [5, 5.41) is 0.749. The van der Waals surface area contributed by atoms with Gasteiger partial charge in [-0.15, -0.1) is 0 Å². The smallest absolute Gasteiger partial charge is 0.263 e. The lowest BCUT2D eigenvalue weighted by Crippen LogP contribution is -2.36. The summed E-state index contributed by atoms with van der Waals surface area (Å²) in [6.07, 6.45) is 4.03. The number of rotatable bonds is 3. The second kappa shape index (κ2) is 7.97. The second-order valence-corrected chi connectivity index (χ2v) is 7.35. The number of halogens is 4. The molecule has 4 rings (SSSR count). The Hall–Kier alpha value is -2.70. The van der Waals surface area contributed by atoms with E-state index in [9.17, 15) is 13.6 Å². The van der Waals surface area contributed by atoms with Crippen LogP contribution in [-0.2, 0) is 6.42 Å². The van der Waals surface area contributed by atoms with E-state index in [4.69, 9.17) is 27.9 Å². The van der Waals surface area contributed by atoms with Crippen molar-refractivity contribution in [1.82, 2.24) is 4.98 Å². The van der Waals surface area contributed by atoms with Crippen LogP contribution in [0.2, 0.25) is 10.0 Å². The molecule has 2 heterocycles. The minimum absolute atomic E-state index is 0.168. The number of pyridine rings is 1. The largest absolute Gasteiger partial charge is 0.455 e. The average molecular weight is 435 g/mol. The first-order valence-electron chi connectivity index (χ1n) is 8.81. The molecule has 0 fully saturated rings. The summed E-state index contributed by atoms with van der Waals surface area (Å²) in [4.78, 5) is 18.7. The maximum Gasteiger partial charge on any atom is 0.263 e. The molecule has 0 radical (unpaired) electrons. The second-order valence-electron chi connectivity index (χ2n) is 6.50. The average Bonchev–Trinajstić information content (AvgIpc) is 2.71. The number of carbonyl (C=O) groups excluding carboxylic acids is 1. The van der Waals surface area contributed by atoms with Gasteiger partial charge in [-0.3, -0.25) is 9.78 Å². The highest BCUT2D eigenvalue weighted by molar-refractivity contribution is 6.34. The number of ether oxygens (including phenoxy) is 1. The van der Waals surface area contributed by atoms with Gasteiger partial charge in [-0.1, -0.05) is 23.2 Å². The van der Waals surface area contributed by atoms with Crippen molar-refractivity contribution >= 4 is 34.8 Å². The number of nitrogens with zero attached hydrogens (tertiary/aromatic N) is 2. The first-order valence-corrected chi connectivity index (χ1v) is 9.56. The maximum atomic E-state index is 13.8. The number of hydrogen-bond acceptors (Lipinski definition) is 3. The minimum Gasteiger partial charge on any atom is -0.455 e. The van der Waals surface area contributed by atoms with Crippen LogP contribution in [0.4, 0.5) is 14.5 Å². The first kappa shape index (κ1) is 19.6.